The summed E-state index contributed by atoms with van der Waals surface area (Å²) in [7, 11) is 1.70. The molecule has 1 atom stereocenters. The van der Waals surface area contributed by atoms with Crippen LogP contribution in [0, 0.1) is 12.3 Å². The molecule has 0 aliphatic carbocycles. The van der Waals surface area contributed by atoms with Crippen LogP contribution in [0.15, 0.2) is 36.2 Å². The Hall–Kier alpha value is -2.30. The highest BCUT2D eigenvalue weighted by Gasteiger charge is 2.31. The van der Waals surface area contributed by atoms with Gasteiger partial charge < -0.3 is 15.5 Å². The quantitative estimate of drug-likeness (QED) is 0.807. The van der Waals surface area contributed by atoms with Gasteiger partial charge in [-0.05, 0) is 31.9 Å². The summed E-state index contributed by atoms with van der Waals surface area (Å²) in [5.41, 5.74) is 1.78. The Labute approximate surface area is 150 Å². The molecule has 0 radical (unpaired) electrons. The van der Waals surface area contributed by atoms with Crippen LogP contribution >= 0.6 is 0 Å². The van der Waals surface area contributed by atoms with Gasteiger partial charge in [0.2, 0.25) is 5.91 Å². The maximum absolute atomic E-state index is 12.8. The Morgan fingerprint density at radius 1 is 1.20 bits per heavy atom. The Bertz CT molecular complexity index is 657. The molecule has 5 heteroatoms. The molecule has 0 unspecified atom stereocenters. The van der Waals surface area contributed by atoms with E-state index in [1.165, 1.54) is 11.6 Å². The number of allylic oxidation sites excluding steroid dienone is 1. The van der Waals surface area contributed by atoms with E-state index in [0.717, 1.165) is 25.1 Å². The second kappa shape index (κ2) is 7.72. The molecule has 0 saturated carbocycles. The zero-order valence-corrected chi connectivity index (χ0v) is 15.8. The van der Waals surface area contributed by atoms with E-state index in [1.54, 1.807) is 7.05 Å². The van der Waals surface area contributed by atoms with Gasteiger partial charge in [0.1, 0.15) is 11.9 Å². The fourth-order valence-electron chi connectivity index (χ4n) is 2.82. The van der Waals surface area contributed by atoms with E-state index in [4.69, 9.17) is 0 Å². The second-order valence-corrected chi connectivity index (χ2v) is 7.60. The molecular formula is C20H29N3O2. The maximum Gasteiger partial charge on any atom is 0.248 e. The molecule has 2 N–H and O–H groups in total. The molecule has 25 heavy (non-hydrogen) atoms. The normalized spacial score (nSPS) is 18.2. The average Bonchev–Trinajstić information content (AvgIpc) is 3.03. The lowest BCUT2D eigenvalue weighted by molar-refractivity contribution is -0.121. The molecule has 5 nitrogen and oxygen atoms in total. The van der Waals surface area contributed by atoms with E-state index in [2.05, 4.69) is 39.8 Å². The molecule has 0 aromatic heterocycles. The zero-order chi connectivity index (χ0) is 18.6. The van der Waals surface area contributed by atoms with Crippen LogP contribution in [0.25, 0.3) is 0 Å². The van der Waals surface area contributed by atoms with E-state index >= 15 is 0 Å². The lowest BCUT2D eigenvalue weighted by Gasteiger charge is -2.26. The number of amides is 1. The standard InChI is InChI=1S/C20H29N3O2/c1-14-8-10-15(11-9-14)23-12-6-7-16(23)19(25)22-18(21-5)13-17(24)20(2,3)4/h8-11,13,16,21H,6-7,12H2,1-5H3,(H,22,25)/t16-/m0/s1. The number of carbonyl (C=O) groups is 2. The van der Waals surface area contributed by atoms with Crippen molar-refractivity contribution in [3.8, 4) is 0 Å². The maximum atomic E-state index is 12.8. The van der Waals surface area contributed by atoms with Crippen molar-refractivity contribution >= 4 is 17.4 Å². The number of carbonyl (C=O) groups excluding carboxylic acids is 2. The van der Waals surface area contributed by atoms with Crippen molar-refractivity contribution in [3.63, 3.8) is 0 Å². The van der Waals surface area contributed by atoms with Gasteiger partial charge >= 0.3 is 0 Å². The lowest BCUT2D eigenvalue weighted by Crippen LogP contribution is -2.45. The van der Waals surface area contributed by atoms with E-state index in [0.29, 0.717) is 5.82 Å². The molecule has 1 saturated heterocycles. The Morgan fingerprint density at radius 2 is 1.84 bits per heavy atom. The summed E-state index contributed by atoms with van der Waals surface area (Å²) in [4.78, 5) is 27.1. The van der Waals surface area contributed by atoms with Gasteiger partial charge in [-0.1, -0.05) is 38.5 Å². The molecule has 1 aromatic carbocycles. The number of anilines is 1. The Balaban J connectivity index is 2.11. The van der Waals surface area contributed by atoms with Gasteiger partial charge in [-0.25, -0.2) is 0 Å². The minimum atomic E-state index is -0.478. The van der Waals surface area contributed by atoms with Crippen molar-refractivity contribution in [1.82, 2.24) is 10.6 Å². The van der Waals surface area contributed by atoms with Gasteiger partial charge in [-0.3, -0.25) is 9.59 Å². The summed E-state index contributed by atoms with van der Waals surface area (Å²) in [5, 5.41) is 5.78. The average molecular weight is 343 g/mol. The van der Waals surface area contributed by atoms with Crippen LogP contribution in [-0.2, 0) is 9.59 Å². The number of ketones is 1. The zero-order valence-electron chi connectivity index (χ0n) is 15.8. The third-order valence-electron chi connectivity index (χ3n) is 4.46. The minimum Gasteiger partial charge on any atom is -0.375 e. The molecule has 1 amide bonds. The number of hydrogen-bond donors (Lipinski definition) is 2. The number of nitrogens with one attached hydrogen (secondary N) is 2. The van der Waals surface area contributed by atoms with E-state index in [1.807, 2.05) is 27.7 Å². The predicted octanol–water partition coefficient (Wildman–Crippen LogP) is 2.76. The first-order chi connectivity index (χ1) is 11.7. The van der Waals surface area contributed by atoms with Gasteiger partial charge in [-0.2, -0.15) is 0 Å². The summed E-state index contributed by atoms with van der Waals surface area (Å²) in [5.74, 6) is 0.333. The molecule has 1 aromatic rings. The van der Waals surface area contributed by atoms with Gasteiger partial charge in [-0.15, -0.1) is 0 Å². The Kier molecular flexibility index (Phi) is 5.88. The lowest BCUT2D eigenvalue weighted by atomic mass is 9.91. The van der Waals surface area contributed by atoms with Crippen LogP contribution in [0.4, 0.5) is 5.69 Å². The molecule has 1 aliphatic rings. The molecule has 2 rings (SSSR count). The molecule has 1 aliphatic heterocycles. The summed E-state index contributed by atoms with van der Waals surface area (Å²) < 4.78 is 0. The fourth-order valence-corrected chi connectivity index (χ4v) is 2.82. The topological polar surface area (TPSA) is 61.4 Å². The highest BCUT2D eigenvalue weighted by atomic mass is 16.2. The number of nitrogens with zero attached hydrogens (tertiary/aromatic N) is 1. The third-order valence-corrected chi connectivity index (χ3v) is 4.46. The molecule has 136 valence electrons. The molecule has 0 bridgehead atoms. The van der Waals surface area contributed by atoms with E-state index < -0.39 is 5.41 Å². The molecule has 1 heterocycles. The van der Waals surface area contributed by atoms with Crippen LogP contribution in [0.1, 0.15) is 39.2 Å². The first kappa shape index (κ1) is 19.0. The number of hydrogen-bond acceptors (Lipinski definition) is 4. The highest BCUT2D eigenvalue weighted by molar-refractivity contribution is 5.95. The monoisotopic (exact) mass is 343 g/mol. The van der Waals surface area contributed by atoms with Crippen molar-refractivity contribution in [2.24, 2.45) is 5.41 Å². The second-order valence-electron chi connectivity index (χ2n) is 7.60. The summed E-state index contributed by atoms with van der Waals surface area (Å²) in [6.45, 7) is 8.49. The van der Waals surface area contributed by atoms with Crippen LogP contribution < -0.4 is 15.5 Å². The highest BCUT2D eigenvalue weighted by Crippen LogP contribution is 2.26. The smallest absolute Gasteiger partial charge is 0.248 e. The molecular weight excluding hydrogens is 314 g/mol. The van der Waals surface area contributed by atoms with Crippen molar-refractivity contribution in [2.45, 2.75) is 46.6 Å². The summed E-state index contributed by atoms with van der Waals surface area (Å²) >= 11 is 0. The first-order valence-electron chi connectivity index (χ1n) is 8.80. The fraction of sp³-hybridized carbons (Fsp3) is 0.500. The number of benzene rings is 1. The van der Waals surface area contributed by atoms with Crippen LogP contribution in [-0.4, -0.2) is 31.3 Å². The van der Waals surface area contributed by atoms with E-state index in [-0.39, 0.29) is 17.7 Å². The van der Waals surface area contributed by atoms with Crippen molar-refractivity contribution in [3.05, 3.63) is 41.7 Å². The van der Waals surface area contributed by atoms with Gasteiger partial charge in [0.15, 0.2) is 5.78 Å². The van der Waals surface area contributed by atoms with Crippen LogP contribution in [0.3, 0.4) is 0 Å². The van der Waals surface area contributed by atoms with Crippen LogP contribution in [0.2, 0.25) is 0 Å². The largest absolute Gasteiger partial charge is 0.375 e. The van der Waals surface area contributed by atoms with Crippen LogP contribution in [0.5, 0.6) is 0 Å². The minimum absolute atomic E-state index is 0.0287. The van der Waals surface area contributed by atoms with Gasteiger partial charge in [0.25, 0.3) is 0 Å². The number of aryl methyl sites for hydroxylation is 1. The molecule has 0 spiro atoms. The van der Waals surface area contributed by atoms with E-state index in [9.17, 15) is 9.59 Å². The SMILES string of the molecule is CNC(=CC(=O)C(C)(C)C)NC(=O)[C@@H]1CCCN1c1ccc(C)cc1. The summed E-state index contributed by atoms with van der Waals surface area (Å²) in [6.07, 6.45) is 3.26. The summed E-state index contributed by atoms with van der Waals surface area (Å²) in [6, 6.07) is 8.01. The van der Waals surface area contributed by atoms with Crippen molar-refractivity contribution in [2.75, 3.05) is 18.5 Å². The van der Waals surface area contributed by atoms with Gasteiger partial charge in [0.05, 0.1) is 0 Å². The Morgan fingerprint density at radius 3 is 2.40 bits per heavy atom. The first-order valence-corrected chi connectivity index (χ1v) is 8.80. The third kappa shape index (κ3) is 4.84. The molecule has 1 fully saturated rings. The van der Waals surface area contributed by atoms with Crippen molar-refractivity contribution in [1.29, 1.82) is 0 Å². The number of rotatable bonds is 5. The predicted molar refractivity (Wildman–Crippen MR) is 101 cm³/mol. The van der Waals surface area contributed by atoms with Crippen molar-refractivity contribution < 1.29 is 9.59 Å². The van der Waals surface area contributed by atoms with Gasteiger partial charge in [0, 0.05) is 30.8 Å².